The van der Waals surface area contributed by atoms with Gasteiger partial charge in [-0.05, 0) is 30.5 Å². The molecule has 0 unspecified atom stereocenters. The molecule has 0 spiro atoms. The van der Waals surface area contributed by atoms with Crippen molar-refractivity contribution < 1.29 is 9.90 Å². The van der Waals surface area contributed by atoms with E-state index in [-0.39, 0.29) is 11.8 Å². The van der Waals surface area contributed by atoms with E-state index in [1.807, 2.05) is 79.8 Å². The summed E-state index contributed by atoms with van der Waals surface area (Å²) in [4.78, 5) is 18.9. The summed E-state index contributed by atoms with van der Waals surface area (Å²) in [5, 5.41) is 11.7. The summed E-state index contributed by atoms with van der Waals surface area (Å²) in [6.07, 6.45) is 1.90. The quantitative estimate of drug-likeness (QED) is 0.699. The highest BCUT2D eigenvalue weighted by Crippen LogP contribution is 2.41. The van der Waals surface area contributed by atoms with Crippen LogP contribution in [-0.2, 0) is 0 Å². The fourth-order valence-electron chi connectivity index (χ4n) is 3.31. The summed E-state index contributed by atoms with van der Waals surface area (Å²) in [5.74, 6) is -0.271. The van der Waals surface area contributed by atoms with Crippen LogP contribution in [0.3, 0.4) is 0 Å². The minimum atomic E-state index is -0.313. The van der Waals surface area contributed by atoms with Crippen molar-refractivity contribution >= 4 is 29.1 Å². The zero-order valence-corrected chi connectivity index (χ0v) is 16.1. The summed E-state index contributed by atoms with van der Waals surface area (Å²) >= 11 is 1.43. The van der Waals surface area contributed by atoms with Crippen molar-refractivity contribution in [3.8, 4) is 11.6 Å². The first-order valence-corrected chi connectivity index (χ1v) is 9.73. The number of fused-ring (bicyclic) bond motifs is 1. The highest BCUT2D eigenvalue weighted by molar-refractivity contribution is 7.98. The van der Waals surface area contributed by atoms with E-state index >= 15 is 0 Å². The molecule has 0 saturated carbocycles. The van der Waals surface area contributed by atoms with E-state index in [1.54, 1.807) is 4.57 Å². The minimum absolute atomic E-state index is 0.0420. The molecule has 0 fully saturated rings. The standard InChI is InChI=1S/C21H19N3O2S/c1-23(2)14-9-11-15(12-10-14)24-20(26)16-17(21(24)27-3)19(25)22-18(16)13-7-5-4-6-8-13/h4-12,26H,1-3H3. The maximum absolute atomic E-state index is 12.6. The molecule has 5 nitrogen and oxygen atoms in total. The summed E-state index contributed by atoms with van der Waals surface area (Å²) in [7, 11) is 3.95. The summed E-state index contributed by atoms with van der Waals surface area (Å²) < 4.78 is 1.73. The Morgan fingerprint density at radius 3 is 2.26 bits per heavy atom. The molecule has 1 aliphatic heterocycles. The van der Waals surface area contributed by atoms with Crippen LogP contribution in [0.1, 0.15) is 21.5 Å². The molecular weight excluding hydrogens is 358 g/mol. The molecule has 0 saturated heterocycles. The average molecular weight is 377 g/mol. The van der Waals surface area contributed by atoms with E-state index < -0.39 is 0 Å². The van der Waals surface area contributed by atoms with Crippen LogP contribution in [-0.4, -0.2) is 41.6 Å². The largest absolute Gasteiger partial charge is 0.494 e. The van der Waals surface area contributed by atoms with Gasteiger partial charge in [-0.25, -0.2) is 4.99 Å². The number of anilines is 1. The molecule has 0 radical (unpaired) electrons. The number of carbonyl (C=O) groups is 1. The van der Waals surface area contributed by atoms with Crippen LogP contribution >= 0.6 is 11.8 Å². The van der Waals surface area contributed by atoms with Gasteiger partial charge < -0.3 is 10.0 Å². The molecule has 2 heterocycles. The van der Waals surface area contributed by atoms with Gasteiger partial charge in [0.25, 0.3) is 5.91 Å². The van der Waals surface area contributed by atoms with Crippen molar-refractivity contribution in [2.24, 2.45) is 4.99 Å². The van der Waals surface area contributed by atoms with Crippen LogP contribution in [0.2, 0.25) is 0 Å². The molecule has 1 N–H and O–H groups in total. The summed E-state index contributed by atoms with van der Waals surface area (Å²) in [5.41, 5.74) is 4.17. The van der Waals surface area contributed by atoms with Crippen LogP contribution in [0.4, 0.5) is 5.69 Å². The second kappa shape index (κ2) is 6.63. The van der Waals surface area contributed by atoms with Crippen molar-refractivity contribution in [3.05, 3.63) is 71.3 Å². The molecule has 0 atom stereocenters. The number of amides is 1. The van der Waals surface area contributed by atoms with E-state index in [0.717, 1.165) is 16.9 Å². The SMILES string of the molecule is CSc1c2c(c(O)n1-c1ccc(N(C)C)cc1)C(c1ccccc1)=NC2=O. The molecule has 3 aromatic rings. The van der Waals surface area contributed by atoms with Crippen molar-refractivity contribution in [1.82, 2.24) is 4.57 Å². The molecule has 1 aromatic heterocycles. The van der Waals surface area contributed by atoms with Gasteiger partial charge >= 0.3 is 0 Å². The van der Waals surface area contributed by atoms with Crippen LogP contribution in [0.5, 0.6) is 5.88 Å². The third-order valence-electron chi connectivity index (χ3n) is 4.63. The predicted octanol–water partition coefficient (Wildman–Crippen LogP) is 3.96. The van der Waals surface area contributed by atoms with E-state index in [2.05, 4.69) is 4.99 Å². The van der Waals surface area contributed by atoms with Gasteiger partial charge in [0.15, 0.2) is 0 Å². The first-order valence-electron chi connectivity index (χ1n) is 8.51. The number of carbonyl (C=O) groups excluding carboxylic acids is 1. The first kappa shape index (κ1) is 17.4. The third kappa shape index (κ3) is 2.73. The van der Waals surface area contributed by atoms with Gasteiger partial charge in [0.2, 0.25) is 5.88 Å². The first-order chi connectivity index (χ1) is 13.0. The molecule has 1 aliphatic rings. The maximum atomic E-state index is 12.6. The number of nitrogens with zero attached hydrogens (tertiary/aromatic N) is 3. The summed E-state index contributed by atoms with van der Waals surface area (Å²) in [6.45, 7) is 0. The summed E-state index contributed by atoms with van der Waals surface area (Å²) in [6, 6.07) is 17.3. The number of thioether (sulfide) groups is 1. The van der Waals surface area contributed by atoms with Crippen LogP contribution in [0, 0.1) is 0 Å². The smallest absolute Gasteiger partial charge is 0.281 e. The molecule has 27 heavy (non-hydrogen) atoms. The molecule has 6 heteroatoms. The van der Waals surface area contributed by atoms with Crippen molar-refractivity contribution in [1.29, 1.82) is 0 Å². The second-order valence-electron chi connectivity index (χ2n) is 6.46. The lowest BCUT2D eigenvalue weighted by Gasteiger charge is -2.15. The molecular formula is C21H19N3O2S. The molecule has 4 rings (SSSR count). The molecule has 0 aliphatic carbocycles. The fraction of sp³-hybridized carbons (Fsp3) is 0.143. The Morgan fingerprint density at radius 1 is 1.00 bits per heavy atom. The number of aromatic hydroxyl groups is 1. The fourth-order valence-corrected chi connectivity index (χ4v) is 4.08. The molecule has 0 bridgehead atoms. The number of hydrogen-bond acceptors (Lipinski definition) is 4. The average Bonchev–Trinajstić information content (AvgIpc) is 3.18. The van der Waals surface area contributed by atoms with Gasteiger partial charge in [-0.3, -0.25) is 9.36 Å². The molecule has 2 aromatic carbocycles. The normalized spacial score (nSPS) is 12.9. The van der Waals surface area contributed by atoms with Gasteiger partial charge in [0.05, 0.1) is 21.9 Å². The Morgan fingerprint density at radius 2 is 1.67 bits per heavy atom. The molecule has 1 amide bonds. The van der Waals surface area contributed by atoms with Crippen LogP contribution in [0.15, 0.2) is 64.6 Å². The Labute approximate surface area is 162 Å². The second-order valence-corrected chi connectivity index (χ2v) is 7.26. The van der Waals surface area contributed by atoms with Gasteiger partial charge in [-0.15, -0.1) is 11.8 Å². The van der Waals surface area contributed by atoms with Gasteiger partial charge in [-0.1, -0.05) is 30.3 Å². The maximum Gasteiger partial charge on any atom is 0.281 e. The van der Waals surface area contributed by atoms with Gasteiger partial charge in [-0.2, -0.15) is 0 Å². The number of benzene rings is 2. The Kier molecular flexibility index (Phi) is 4.28. The predicted molar refractivity (Wildman–Crippen MR) is 110 cm³/mol. The van der Waals surface area contributed by atoms with E-state index in [4.69, 9.17) is 0 Å². The lowest BCUT2D eigenvalue weighted by atomic mass is 10.0. The van der Waals surface area contributed by atoms with Crippen LogP contribution < -0.4 is 4.90 Å². The lowest BCUT2D eigenvalue weighted by molar-refractivity contribution is 0.100. The topological polar surface area (TPSA) is 57.8 Å². The molecule has 136 valence electrons. The van der Waals surface area contributed by atoms with Gasteiger partial charge in [0.1, 0.15) is 0 Å². The number of hydrogen-bond donors (Lipinski definition) is 1. The Hall–Kier alpha value is -2.99. The zero-order chi connectivity index (χ0) is 19.1. The Bertz CT molecular complexity index is 1050. The van der Waals surface area contributed by atoms with Crippen molar-refractivity contribution in [2.75, 3.05) is 25.3 Å². The highest BCUT2D eigenvalue weighted by atomic mass is 32.2. The van der Waals surface area contributed by atoms with Crippen molar-refractivity contribution in [3.63, 3.8) is 0 Å². The third-order valence-corrected chi connectivity index (χ3v) is 5.40. The van der Waals surface area contributed by atoms with Crippen molar-refractivity contribution in [2.45, 2.75) is 5.03 Å². The van der Waals surface area contributed by atoms with E-state index in [0.29, 0.717) is 21.9 Å². The zero-order valence-electron chi connectivity index (χ0n) is 15.3. The monoisotopic (exact) mass is 377 g/mol. The highest BCUT2D eigenvalue weighted by Gasteiger charge is 2.35. The minimum Gasteiger partial charge on any atom is -0.494 e. The Balaban J connectivity index is 1.91. The van der Waals surface area contributed by atoms with Crippen LogP contribution in [0.25, 0.3) is 5.69 Å². The number of aromatic nitrogens is 1. The number of rotatable bonds is 4. The number of aliphatic imine (C=N–C) groups is 1. The van der Waals surface area contributed by atoms with E-state index in [9.17, 15) is 9.90 Å². The van der Waals surface area contributed by atoms with E-state index in [1.165, 1.54) is 11.8 Å². The van der Waals surface area contributed by atoms with Gasteiger partial charge in [0, 0.05) is 31.0 Å². The lowest BCUT2D eigenvalue weighted by Crippen LogP contribution is -2.08.